The standard InChI is InChI=1S/C15H11ClO8S2/c16-15(17)24-7-14-10-3-1-8(25(18,19)20)5-12(10)13-6-9(26(21,22)23)2-4-11(13)14/h1-6,14H,7H2,(H,18,19,20)(H,21,22,23). The third kappa shape index (κ3) is 3.46. The quantitative estimate of drug-likeness (QED) is 0.571. The van der Waals surface area contributed by atoms with E-state index in [1.165, 1.54) is 36.4 Å². The van der Waals surface area contributed by atoms with E-state index in [1.807, 2.05) is 0 Å². The van der Waals surface area contributed by atoms with Gasteiger partial charge in [-0.05, 0) is 46.5 Å². The summed E-state index contributed by atoms with van der Waals surface area (Å²) in [5, 5.41) is 0. The molecule has 2 N–H and O–H groups in total. The van der Waals surface area contributed by atoms with E-state index in [9.17, 15) is 30.7 Å². The fraction of sp³-hybridized carbons (Fsp3) is 0.133. The van der Waals surface area contributed by atoms with Crippen molar-refractivity contribution in [2.24, 2.45) is 0 Å². The maximum atomic E-state index is 11.4. The molecule has 2 aromatic rings. The van der Waals surface area contributed by atoms with Crippen LogP contribution in [0, 0.1) is 0 Å². The minimum Gasteiger partial charge on any atom is -0.453 e. The first-order chi connectivity index (χ1) is 12.0. The molecule has 3 rings (SSSR count). The van der Waals surface area contributed by atoms with E-state index >= 15 is 0 Å². The molecule has 0 atom stereocenters. The topological polar surface area (TPSA) is 135 Å². The number of fused-ring (bicyclic) bond motifs is 3. The highest BCUT2D eigenvalue weighted by Crippen LogP contribution is 2.46. The maximum absolute atomic E-state index is 11.4. The van der Waals surface area contributed by atoms with E-state index in [4.69, 9.17) is 16.3 Å². The minimum atomic E-state index is -4.48. The van der Waals surface area contributed by atoms with Crippen molar-refractivity contribution in [3.8, 4) is 11.1 Å². The Morgan fingerprint density at radius 2 is 1.35 bits per heavy atom. The number of hydrogen-bond acceptors (Lipinski definition) is 6. The molecule has 0 bridgehead atoms. The summed E-state index contributed by atoms with van der Waals surface area (Å²) in [7, 11) is -8.97. The van der Waals surface area contributed by atoms with Gasteiger partial charge >= 0.3 is 5.43 Å². The second kappa shape index (κ2) is 6.32. The van der Waals surface area contributed by atoms with Gasteiger partial charge in [0.1, 0.15) is 6.61 Å². The van der Waals surface area contributed by atoms with Crippen LogP contribution < -0.4 is 0 Å². The Kier molecular flexibility index (Phi) is 4.57. The first-order valence-electron chi connectivity index (χ1n) is 7.04. The number of benzene rings is 2. The third-order valence-corrected chi connectivity index (χ3v) is 5.86. The predicted molar refractivity (Wildman–Crippen MR) is 90.6 cm³/mol. The van der Waals surface area contributed by atoms with Crippen molar-refractivity contribution in [3.63, 3.8) is 0 Å². The van der Waals surface area contributed by atoms with Gasteiger partial charge in [0.25, 0.3) is 20.2 Å². The summed E-state index contributed by atoms with van der Waals surface area (Å²) in [4.78, 5) is 10.2. The largest absolute Gasteiger partial charge is 0.453 e. The van der Waals surface area contributed by atoms with Crippen LogP contribution in [0.5, 0.6) is 0 Å². The summed E-state index contributed by atoms with van der Waals surface area (Å²) in [6, 6.07) is 7.58. The van der Waals surface area contributed by atoms with Crippen LogP contribution in [0.15, 0.2) is 46.2 Å². The Balaban J connectivity index is 2.23. The van der Waals surface area contributed by atoms with Crippen molar-refractivity contribution in [3.05, 3.63) is 47.5 Å². The van der Waals surface area contributed by atoms with Gasteiger partial charge < -0.3 is 4.74 Å². The summed E-state index contributed by atoms with van der Waals surface area (Å²) < 4.78 is 68.9. The van der Waals surface area contributed by atoms with Gasteiger partial charge in [0.2, 0.25) is 0 Å². The molecule has 0 spiro atoms. The van der Waals surface area contributed by atoms with Crippen LogP contribution in [0.1, 0.15) is 17.0 Å². The molecule has 0 saturated heterocycles. The molecule has 0 unspecified atom stereocenters. The van der Waals surface area contributed by atoms with Crippen molar-refractivity contribution < 1.29 is 35.5 Å². The highest BCUT2D eigenvalue weighted by atomic mass is 35.5. The van der Waals surface area contributed by atoms with Crippen LogP contribution in [0.4, 0.5) is 4.79 Å². The highest BCUT2D eigenvalue weighted by Gasteiger charge is 2.32. The molecule has 0 saturated carbocycles. The predicted octanol–water partition coefficient (Wildman–Crippen LogP) is 2.67. The molecule has 1 aliphatic rings. The van der Waals surface area contributed by atoms with Crippen molar-refractivity contribution >= 4 is 37.3 Å². The summed E-state index contributed by atoms with van der Waals surface area (Å²) in [5.41, 5.74) is 0.743. The summed E-state index contributed by atoms with van der Waals surface area (Å²) >= 11 is 5.19. The van der Waals surface area contributed by atoms with Gasteiger partial charge in [0, 0.05) is 17.5 Å². The van der Waals surface area contributed by atoms with Gasteiger partial charge in [0.05, 0.1) is 9.79 Å². The van der Waals surface area contributed by atoms with E-state index in [0.717, 1.165) is 0 Å². The molecule has 0 aliphatic heterocycles. The number of ether oxygens (including phenoxy) is 1. The minimum absolute atomic E-state index is 0.154. The molecule has 8 nitrogen and oxygen atoms in total. The zero-order valence-corrected chi connectivity index (χ0v) is 15.2. The molecule has 0 radical (unpaired) electrons. The van der Waals surface area contributed by atoms with Crippen LogP contribution in [0.2, 0.25) is 0 Å². The fourth-order valence-electron chi connectivity index (χ4n) is 2.96. The fourth-order valence-corrected chi connectivity index (χ4v) is 4.04. The SMILES string of the molecule is O=C(Cl)OCC1c2ccc(S(=O)(=O)O)cc2-c2cc(S(=O)(=O)O)ccc21. The van der Waals surface area contributed by atoms with E-state index in [-0.39, 0.29) is 16.4 Å². The molecule has 0 amide bonds. The van der Waals surface area contributed by atoms with Crippen LogP contribution >= 0.6 is 11.6 Å². The Morgan fingerprint density at radius 3 is 1.69 bits per heavy atom. The van der Waals surface area contributed by atoms with Gasteiger partial charge in [-0.25, -0.2) is 4.79 Å². The number of carbonyl (C=O) groups is 1. The van der Waals surface area contributed by atoms with E-state index < -0.39 is 31.6 Å². The first kappa shape index (κ1) is 18.8. The number of carbonyl (C=O) groups excluding carboxylic acids is 1. The van der Waals surface area contributed by atoms with Crippen molar-refractivity contribution in [1.29, 1.82) is 0 Å². The van der Waals surface area contributed by atoms with Crippen LogP contribution in [0.3, 0.4) is 0 Å². The Hall–Kier alpha value is -1.98. The average Bonchev–Trinajstić information content (AvgIpc) is 2.83. The maximum Gasteiger partial charge on any atom is 0.403 e. The van der Waals surface area contributed by atoms with Gasteiger partial charge in [-0.2, -0.15) is 16.8 Å². The lowest BCUT2D eigenvalue weighted by atomic mass is 9.98. The lowest BCUT2D eigenvalue weighted by Gasteiger charge is -2.13. The van der Waals surface area contributed by atoms with Crippen LogP contribution in [0.25, 0.3) is 11.1 Å². The van der Waals surface area contributed by atoms with Gasteiger partial charge in [-0.15, -0.1) is 0 Å². The Morgan fingerprint density at radius 1 is 0.923 bits per heavy atom. The summed E-state index contributed by atoms with van der Waals surface area (Å²) in [6.07, 6.45) is 0. The van der Waals surface area contributed by atoms with Crippen molar-refractivity contribution in [2.75, 3.05) is 6.61 Å². The van der Waals surface area contributed by atoms with Crippen LogP contribution in [-0.2, 0) is 25.0 Å². The molecule has 0 heterocycles. The number of halogens is 1. The van der Waals surface area contributed by atoms with Crippen molar-refractivity contribution in [2.45, 2.75) is 15.7 Å². The van der Waals surface area contributed by atoms with Gasteiger partial charge in [-0.1, -0.05) is 12.1 Å². The molecular weight excluding hydrogens is 408 g/mol. The smallest absolute Gasteiger partial charge is 0.403 e. The lowest BCUT2D eigenvalue weighted by Crippen LogP contribution is -2.08. The molecule has 1 aliphatic carbocycles. The molecule has 0 fully saturated rings. The molecular formula is C15H11ClO8S2. The summed E-state index contributed by atoms with van der Waals surface area (Å²) in [6.45, 7) is -0.154. The van der Waals surface area contributed by atoms with E-state index in [1.54, 1.807) is 0 Å². The molecule has 0 aromatic heterocycles. The molecule has 11 heteroatoms. The lowest BCUT2D eigenvalue weighted by molar-refractivity contribution is 0.170. The normalized spacial score (nSPS) is 14.0. The Bertz CT molecular complexity index is 1040. The summed E-state index contributed by atoms with van der Waals surface area (Å²) in [5.74, 6) is -0.520. The van der Waals surface area contributed by atoms with E-state index in [0.29, 0.717) is 22.3 Å². The zero-order chi connectivity index (χ0) is 19.3. The number of hydrogen-bond donors (Lipinski definition) is 2. The number of rotatable bonds is 4. The average molecular weight is 419 g/mol. The third-order valence-electron chi connectivity index (χ3n) is 4.05. The highest BCUT2D eigenvalue weighted by molar-refractivity contribution is 7.86. The monoisotopic (exact) mass is 418 g/mol. The molecule has 2 aromatic carbocycles. The molecule has 26 heavy (non-hydrogen) atoms. The van der Waals surface area contributed by atoms with Crippen molar-refractivity contribution in [1.82, 2.24) is 0 Å². The Labute approximate surface area is 153 Å². The van der Waals surface area contributed by atoms with Gasteiger partial charge in [-0.3, -0.25) is 9.11 Å². The van der Waals surface area contributed by atoms with E-state index in [2.05, 4.69) is 0 Å². The first-order valence-corrected chi connectivity index (χ1v) is 10.3. The van der Waals surface area contributed by atoms with Crippen LogP contribution in [-0.4, -0.2) is 38.0 Å². The second-order valence-corrected chi connectivity index (χ2v) is 8.70. The van der Waals surface area contributed by atoms with Gasteiger partial charge in [0.15, 0.2) is 0 Å². The molecule has 138 valence electrons. The second-order valence-electron chi connectivity index (χ2n) is 5.55. The zero-order valence-electron chi connectivity index (χ0n) is 12.8.